The maximum atomic E-state index is 11.1. The lowest BCUT2D eigenvalue weighted by Crippen LogP contribution is -2.69. The zero-order chi connectivity index (χ0) is 32.4. The molecule has 3 N–H and O–H groups in total. The van der Waals surface area contributed by atoms with E-state index >= 15 is 0 Å². The number of hydroxylamine groups is 6. The minimum atomic E-state index is -3.68. The molecule has 9 nitrogen and oxygen atoms in total. The molecule has 246 valence electrons. The molecule has 0 unspecified atom stereocenters. The van der Waals surface area contributed by atoms with E-state index < -0.39 is 42.0 Å². The van der Waals surface area contributed by atoms with Gasteiger partial charge in [-0.25, -0.2) is 0 Å². The fourth-order valence-corrected chi connectivity index (χ4v) is 11.4. The predicted octanol–water partition coefficient (Wildman–Crippen LogP) is 6.11. The maximum absolute atomic E-state index is 11.1. The van der Waals surface area contributed by atoms with Gasteiger partial charge in [0.05, 0.1) is 18.3 Å². The Hall–Kier alpha value is -0.923. The lowest BCUT2D eigenvalue weighted by atomic mass is 9.80. The molecule has 0 aliphatic carbocycles. The number of rotatable bonds is 7. The van der Waals surface area contributed by atoms with Crippen LogP contribution >= 0.6 is 0 Å². The van der Waals surface area contributed by atoms with E-state index in [4.69, 9.17) is 13.3 Å². The van der Waals surface area contributed by atoms with E-state index in [2.05, 4.69) is 12.1 Å². The first-order valence-electron chi connectivity index (χ1n) is 16.0. The highest BCUT2D eigenvalue weighted by atomic mass is 28.4. The number of benzene rings is 1. The van der Waals surface area contributed by atoms with Crippen LogP contribution in [0.1, 0.15) is 122 Å². The molecule has 1 aromatic carbocycles. The largest absolute Gasteiger partial charge is 0.537 e. The van der Waals surface area contributed by atoms with Crippen molar-refractivity contribution in [3.05, 3.63) is 30.3 Å². The predicted molar refractivity (Wildman–Crippen MR) is 170 cm³/mol. The second kappa shape index (κ2) is 11.4. The molecule has 43 heavy (non-hydrogen) atoms. The monoisotopic (exact) mass is 621 g/mol. The Morgan fingerprint density at radius 3 is 0.953 bits per heavy atom. The molecule has 0 radical (unpaired) electrons. The van der Waals surface area contributed by atoms with Crippen LogP contribution in [0.25, 0.3) is 0 Å². The Bertz CT molecular complexity index is 964. The normalized spacial score (nSPS) is 28.6. The standard InChI is InChI=1S/C33H59N3O6Si/c1-28(2)18-24(19-29(3,4)34(28)37)40-43(27-16-14-13-15-17-27,41-25-20-30(5,6)35(38)31(7,8)21-25)42-26-22-32(9,10)36(39)33(11,12)23-26/h13-17,24-26,37-39H,18-23H2,1-12H3. The summed E-state index contributed by atoms with van der Waals surface area (Å²) in [6.45, 7) is 24.5. The van der Waals surface area contributed by atoms with E-state index in [9.17, 15) is 15.6 Å². The number of piperidine rings is 3. The summed E-state index contributed by atoms with van der Waals surface area (Å²) in [4.78, 5) is 0. The first-order valence-corrected chi connectivity index (χ1v) is 17.7. The molecule has 0 spiro atoms. The molecule has 0 atom stereocenters. The summed E-state index contributed by atoms with van der Waals surface area (Å²) in [6, 6.07) is 10.1. The summed E-state index contributed by atoms with van der Waals surface area (Å²) in [5, 5.41) is 38.5. The molecule has 4 rings (SSSR count). The van der Waals surface area contributed by atoms with Crippen LogP contribution in [0.4, 0.5) is 0 Å². The van der Waals surface area contributed by atoms with E-state index in [1.807, 2.05) is 101 Å². The molecular formula is C33H59N3O6Si. The number of nitrogens with zero attached hydrogens (tertiary/aromatic N) is 3. The minimum absolute atomic E-state index is 0.224. The molecule has 3 fully saturated rings. The summed E-state index contributed by atoms with van der Waals surface area (Å²) in [7, 11) is -3.68. The van der Waals surface area contributed by atoms with Crippen LogP contribution in [-0.4, -0.2) is 91.2 Å². The highest BCUT2D eigenvalue weighted by Crippen LogP contribution is 2.44. The molecule has 0 saturated carbocycles. The van der Waals surface area contributed by atoms with E-state index in [1.54, 1.807) is 0 Å². The van der Waals surface area contributed by atoms with Crippen LogP contribution in [0.2, 0.25) is 0 Å². The number of hydrogen-bond acceptors (Lipinski definition) is 9. The summed E-state index contributed by atoms with van der Waals surface area (Å²) in [5.41, 5.74) is -3.07. The van der Waals surface area contributed by atoms with Gasteiger partial charge in [0.2, 0.25) is 0 Å². The Morgan fingerprint density at radius 1 is 0.488 bits per heavy atom. The first kappa shape index (κ1) is 34.9. The molecule has 3 aliphatic heterocycles. The second-order valence-electron chi connectivity index (χ2n) is 17.2. The van der Waals surface area contributed by atoms with Crippen LogP contribution in [0.3, 0.4) is 0 Å². The van der Waals surface area contributed by atoms with Crippen molar-refractivity contribution in [1.29, 1.82) is 0 Å². The topological polar surface area (TPSA) is 98.1 Å². The van der Waals surface area contributed by atoms with Gasteiger partial charge in [-0.3, -0.25) is 0 Å². The Labute approximate surface area is 261 Å². The van der Waals surface area contributed by atoms with Crippen LogP contribution in [-0.2, 0) is 13.3 Å². The van der Waals surface area contributed by atoms with Gasteiger partial charge < -0.3 is 28.9 Å². The van der Waals surface area contributed by atoms with Gasteiger partial charge in [0.15, 0.2) is 0 Å². The average Bonchev–Trinajstić information content (AvgIpc) is 2.83. The summed E-state index contributed by atoms with van der Waals surface area (Å²) < 4.78 is 22.0. The third-order valence-corrected chi connectivity index (χ3v) is 12.9. The van der Waals surface area contributed by atoms with Crippen LogP contribution in [0.5, 0.6) is 0 Å². The Balaban J connectivity index is 1.81. The van der Waals surface area contributed by atoms with E-state index in [0.717, 1.165) is 5.19 Å². The fraction of sp³-hybridized carbons (Fsp3) is 0.818. The maximum Gasteiger partial charge on any atom is 0.537 e. The van der Waals surface area contributed by atoms with Crippen molar-refractivity contribution in [1.82, 2.24) is 15.2 Å². The van der Waals surface area contributed by atoms with E-state index in [1.165, 1.54) is 15.2 Å². The van der Waals surface area contributed by atoms with Gasteiger partial charge in [-0.15, -0.1) is 0 Å². The molecule has 1 aromatic rings. The molecule has 0 aromatic heterocycles. The van der Waals surface area contributed by atoms with Crippen LogP contribution < -0.4 is 5.19 Å². The van der Waals surface area contributed by atoms with Gasteiger partial charge in [-0.1, -0.05) is 30.3 Å². The van der Waals surface area contributed by atoms with Gasteiger partial charge in [0.25, 0.3) is 0 Å². The third-order valence-electron chi connectivity index (χ3n) is 9.90. The highest BCUT2D eigenvalue weighted by molar-refractivity contribution is 6.75. The molecule has 0 amide bonds. The smallest absolute Gasteiger partial charge is 0.367 e. The Kier molecular flexibility index (Phi) is 9.26. The molecule has 3 saturated heterocycles. The van der Waals surface area contributed by atoms with Crippen LogP contribution in [0.15, 0.2) is 30.3 Å². The van der Waals surface area contributed by atoms with Gasteiger partial charge >= 0.3 is 8.80 Å². The molecule has 0 bridgehead atoms. The zero-order valence-electron chi connectivity index (χ0n) is 28.8. The fourth-order valence-electron chi connectivity index (χ4n) is 8.37. The molecule has 3 heterocycles. The van der Waals surface area contributed by atoms with Gasteiger partial charge in [-0.05, 0) is 122 Å². The molecule has 3 aliphatic rings. The molecule has 10 heteroatoms. The van der Waals surface area contributed by atoms with Crippen LogP contribution in [0, 0.1) is 0 Å². The summed E-state index contributed by atoms with van der Waals surface area (Å²) in [6.07, 6.45) is 2.99. The zero-order valence-corrected chi connectivity index (χ0v) is 29.8. The highest BCUT2D eigenvalue weighted by Gasteiger charge is 2.58. The minimum Gasteiger partial charge on any atom is -0.367 e. The van der Waals surface area contributed by atoms with Gasteiger partial charge in [0.1, 0.15) is 0 Å². The van der Waals surface area contributed by atoms with Gasteiger partial charge in [0, 0.05) is 38.4 Å². The summed E-state index contributed by atoms with van der Waals surface area (Å²) in [5.74, 6) is 0. The third kappa shape index (κ3) is 7.09. The first-order chi connectivity index (χ1) is 19.4. The lowest BCUT2D eigenvalue weighted by Gasteiger charge is -2.55. The van der Waals surface area contributed by atoms with Crippen molar-refractivity contribution >= 4 is 14.0 Å². The van der Waals surface area contributed by atoms with Crippen molar-refractivity contribution < 1.29 is 28.9 Å². The van der Waals surface area contributed by atoms with Crippen molar-refractivity contribution in [2.45, 2.75) is 173 Å². The van der Waals surface area contributed by atoms with Crippen molar-refractivity contribution in [2.75, 3.05) is 0 Å². The quantitative estimate of drug-likeness (QED) is 0.311. The average molecular weight is 622 g/mol. The summed E-state index contributed by atoms with van der Waals surface area (Å²) >= 11 is 0. The number of hydrogen-bond donors (Lipinski definition) is 3. The van der Waals surface area contributed by atoms with Gasteiger partial charge in [-0.2, -0.15) is 15.2 Å². The van der Waals surface area contributed by atoms with Crippen molar-refractivity contribution in [3.63, 3.8) is 0 Å². The Morgan fingerprint density at radius 2 is 0.721 bits per heavy atom. The molecular weight excluding hydrogens is 562 g/mol. The lowest BCUT2D eigenvalue weighted by molar-refractivity contribution is -0.268. The second-order valence-corrected chi connectivity index (χ2v) is 19.6. The van der Waals surface area contributed by atoms with E-state index in [0.29, 0.717) is 38.5 Å². The van der Waals surface area contributed by atoms with E-state index in [-0.39, 0.29) is 18.3 Å². The SMILES string of the molecule is CC1(C)CC(O[Si](OC2CC(C)(C)N(O)C(C)(C)C2)(OC2CC(C)(C)N(O)C(C)(C)C2)c2ccccc2)CC(C)(C)N1O. The van der Waals surface area contributed by atoms with Crippen molar-refractivity contribution in [2.24, 2.45) is 0 Å². The van der Waals surface area contributed by atoms with Crippen molar-refractivity contribution in [3.8, 4) is 0 Å².